The molecule has 2 aromatic carbocycles. The van der Waals surface area contributed by atoms with Crippen LogP contribution in [-0.4, -0.2) is 43.6 Å². The molecule has 5 nitrogen and oxygen atoms in total. The van der Waals surface area contributed by atoms with Crippen LogP contribution >= 0.6 is 0 Å². The van der Waals surface area contributed by atoms with Gasteiger partial charge in [0.1, 0.15) is 5.75 Å². The number of methoxy groups -OCH3 is 1. The van der Waals surface area contributed by atoms with Gasteiger partial charge in [-0.25, -0.2) is 4.79 Å². The first-order valence-electron chi connectivity index (χ1n) is 9.93. The van der Waals surface area contributed by atoms with Crippen molar-refractivity contribution in [2.75, 3.05) is 26.8 Å². The second kappa shape index (κ2) is 9.92. The van der Waals surface area contributed by atoms with Crippen molar-refractivity contribution < 1.29 is 19.1 Å². The highest BCUT2D eigenvalue weighted by atomic mass is 16.5. The van der Waals surface area contributed by atoms with E-state index in [1.54, 1.807) is 18.1 Å². The Bertz CT molecular complexity index is 875. The van der Waals surface area contributed by atoms with E-state index in [-0.39, 0.29) is 12.5 Å². The maximum atomic E-state index is 12.9. The SMILES string of the molecule is COc1ccccc1/C=C(/C(=O)OCC(=O)N1CCC[C@@H](C)C1)c1ccccc1. The van der Waals surface area contributed by atoms with Gasteiger partial charge in [-0.15, -0.1) is 0 Å². The van der Waals surface area contributed by atoms with E-state index in [1.165, 1.54) is 0 Å². The number of carbonyl (C=O) groups excluding carboxylic acids is 2. The topological polar surface area (TPSA) is 55.8 Å². The van der Waals surface area contributed by atoms with Crippen molar-refractivity contribution in [2.45, 2.75) is 19.8 Å². The van der Waals surface area contributed by atoms with Crippen LogP contribution in [0.15, 0.2) is 54.6 Å². The molecule has 5 heteroatoms. The molecule has 0 unspecified atom stereocenters. The third kappa shape index (κ3) is 5.47. The molecule has 0 saturated carbocycles. The van der Waals surface area contributed by atoms with Crippen molar-refractivity contribution in [3.63, 3.8) is 0 Å². The van der Waals surface area contributed by atoms with Gasteiger partial charge in [-0.2, -0.15) is 0 Å². The summed E-state index contributed by atoms with van der Waals surface area (Å²) in [5.74, 6) is 0.468. The molecule has 0 aliphatic carbocycles. The molecule has 1 atom stereocenters. The Labute approximate surface area is 171 Å². The van der Waals surface area contributed by atoms with Gasteiger partial charge in [0.2, 0.25) is 0 Å². The van der Waals surface area contributed by atoms with Gasteiger partial charge in [-0.1, -0.05) is 55.5 Å². The number of ether oxygens (including phenoxy) is 2. The quantitative estimate of drug-likeness (QED) is 0.422. The summed E-state index contributed by atoms with van der Waals surface area (Å²) in [6.07, 6.45) is 3.86. The Kier molecular flexibility index (Phi) is 7.06. The molecule has 0 radical (unpaired) electrons. The monoisotopic (exact) mass is 393 g/mol. The lowest BCUT2D eigenvalue weighted by atomic mass is 10.0. The highest BCUT2D eigenvalue weighted by molar-refractivity contribution is 6.22. The van der Waals surface area contributed by atoms with Crippen LogP contribution in [0.25, 0.3) is 11.6 Å². The van der Waals surface area contributed by atoms with Crippen molar-refractivity contribution in [2.24, 2.45) is 5.92 Å². The van der Waals surface area contributed by atoms with Gasteiger partial charge in [0, 0.05) is 18.7 Å². The summed E-state index contributed by atoms with van der Waals surface area (Å²) in [6.45, 7) is 3.33. The highest BCUT2D eigenvalue weighted by Crippen LogP contribution is 2.25. The Morgan fingerprint density at radius 2 is 1.83 bits per heavy atom. The summed E-state index contributed by atoms with van der Waals surface area (Å²) >= 11 is 0. The molecule has 1 aliphatic rings. The van der Waals surface area contributed by atoms with E-state index in [9.17, 15) is 9.59 Å². The maximum absolute atomic E-state index is 12.9. The second-order valence-electron chi connectivity index (χ2n) is 7.33. The van der Waals surface area contributed by atoms with Gasteiger partial charge in [-0.3, -0.25) is 4.79 Å². The first kappa shape index (κ1) is 20.6. The molecule has 0 spiro atoms. The largest absolute Gasteiger partial charge is 0.496 e. The summed E-state index contributed by atoms with van der Waals surface area (Å²) < 4.78 is 10.8. The molecule has 29 heavy (non-hydrogen) atoms. The number of rotatable bonds is 6. The van der Waals surface area contributed by atoms with Gasteiger partial charge < -0.3 is 14.4 Å². The molecule has 1 aliphatic heterocycles. The molecule has 0 N–H and O–H groups in total. The first-order chi connectivity index (χ1) is 14.1. The van der Waals surface area contributed by atoms with Crippen molar-refractivity contribution in [1.82, 2.24) is 4.90 Å². The van der Waals surface area contributed by atoms with Gasteiger partial charge in [0.05, 0.1) is 12.7 Å². The molecule has 1 heterocycles. The Balaban J connectivity index is 1.78. The number of benzene rings is 2. The molecule has 1 fully saturated rings. The predicted molar refractivity (Wildman–Crippen MR) is 113 cm³/mol. The van der Waals surface area contributed by atoms with Crippen LogP contribution in [0, 0.1) is 5.92 Å². The van der Waals surface area contributed by atoms with E-state index in [0.29, 0.717) is 17.2 Å². The number of amides is 1. The van der Waals surface area contributed by atoms with Crippen LogP contribution in [0.5, 0.6) is 5.75 Å². The Morgan fingerprint density at radius 3 is 2.55 bits per heavy atom. The fourth-order valence-corrected chi connectivity index (χ4v) is 3.53. The van der Waals surface area contributed by atoms with E-state index in [4.69, 9.17) is 9.47 Å². The van der Waals surface area contributed by atoms with Crippen molar-refractivity contribution in [1.29, 1.82) is 0 Å². The Morgan fingerprint density at radius 1 is 1.10 bits per heavy atom. The maximum Gasteiger partial charge on any atom is 0.339 e. The zero-order chi connectivity index (χ0) is 20.6. The molecule has 0 aromatic heterocycles. The molecule has 3 rings (SSSR count). The molecule has 1 saturated heterocycles. The molecule has 0 bridgehead atoms. The molecule has 1 amide bonds. The average Bonchev–Trinajstić information content (AvgIpc) is 2.76. The lowest BCUT2D eigenvalue weighted by Gasteiger charge is -2.30. The van der Waals surface area contributed by atoms with Gasteiger partial charge in [0.15, 0.2) is 6.61 Å². The highest BCUT2D eigenvalue weighted by Gasteiger charge is 2.23. The average molecular weight is 393 g/mol. The van der Waals surface area contributed by atoms with E-state index in [1.807, 2.05) is 54.6 Å². The molecular weight excluding hydrogens is 366 g/mol. The van der Waals surface area contributed by atoms with E-state index in [2.05, 4.69) is 6.92 Å². The van der Waals surface area contributed by atoms with Crippen molar-refractivity contribution >= 4 is 23.5 Å². The van der Waals surface area contributed by atoms with Gasteiger partial charge in [0.25, 0.3) is 5.91 Å². The minimum Gasteiger partial charge on any atom is -0.496 e. The van der Waals surface area contributed by atoms with Crippen LogP contribution in [0.3, 0.4) is 0 Å². The predicted octanol–water partition coefficient (Wildman–Crippen LogP) is 4.04. The van der Waals surface area contributed by atoms with Crippen LogP contribution in [0.1, 0.15) is 30.9 Å². The van der Waals surface area contributed by atoms with Crippen LogP contribution < -0.4 is 4.74 Å². The van der Waals surface area contributed by atoms with E-state index >= 15 is 0 Å². The fourth-order valence-electron chi connectivity index (χ4n) is 3.53. The number of esters is 1. The number of carbonyl (C=O) groups is 2. The summed E-state index contributed by atoms with van der Waals surface area (Å²) in [5, 5.41) is 0. The Hall–Kier alpha value is -3.08. The third-order valence-corrected chi connectivity index (χ3v) is 5.08. The lowest BCUT2D eigenvalue weighted by molar-refractivity contribution is -0.148. The molecule has 2 aromatic rings. The minimum atomic E-state index is -0.527. The van der Waals surface area contributed by atoms with Gasteiger partial charge >= 0.3 is 5.97 Å². The molecule has 152 valence electrons. The smallest absolute Gasteiger partial charge is 0.339 e. The first-order valence-corrected chi connectivity index (χ1v) is 9.93. The summed E-state index contributed by atoms with van der Waals surface area (Å²) in [5.41, 5.74) is 1.87. The van der Waals surface area contributed by atoms with Crippen molar-refractivity contribution in [3.05, 3.63) is 65.7 Å². The van der Waals surface area contributed by atoms with Crippen LogP contribution in [0.4, 0.5) is 0 Å². The zero-order valence-corrected chi connectivity index (χ0v) is 17.0. The summed E-state index contributed by atoms with van der Waals surface area (Å²) in [6, 6.07) is 16.7. The third-order valence-electron chi connectivity index (χ3n) is 5.08. The second-order valence-corrected chi connectivity index (χ2v) is 7.33. The minimum absolute atomic E-state index is 0.144. The number of piperidine rings is 1. The van der Waals surface area contributed by atoms with Crippen LogP contribution in [0.2, 0.25) is 0 Å². The number of hydrogen-bond donors (Lipinski definition) is 0. The number of para-hydroxylation sites is 1. The van der Waals surface area contributed by atoms with E-state index < -0.39 is 5.97 Å². The zero-order valence-electron chi connectivity index (χ0n) is 17.0. The van der Waals surface area contributed by atoms with E-state index in [0.717, 1.165) is 37.1 Å². The number of likely N-dealkylation sites (tertiary alicyclic amines) is 1. The summed E-state index contributed by atoms with van der Waals surface area (Å²) in [7, 11) is 1.59. The number of hydrogen-bond acceptors (Lipinski definition) is 4. The standard InChI is InChI=1S/C24H27NO4/c1-18-9-8-14-25(16-18)23(26)17-29-24(27)21(19-10-4-3-5-11-19)15-20-12-6-7-13-22(20)28-2/h3-7,10-13,15,18H,8-9,14,16-17H2,1-2H3/b21-15+/t18-/m1/s1. The summed E-state index contributed by atoms with van der Waals surface area (Å²) in [4.78, 5) is 27.2. The molecular formula is C24H27NO4. The normalized spacial score (nSPS) is 17.0. The van der Waals surface area contributed by atoms with Gasteiger partial charge in [-0.05, 0) is 36.5 Å². The van der Waals surface area contributed by atoms with Crippen LogP contribution in [-0.2, 0) is 14.3 Å². The number of nitrogens with zero attached hydrogens (tertiary/aromatic N) is 1. The fraction of sp³-hybridized carbons (Fsp3) is 0.333. The van der Waals surface area contributed by atoms with Crippen molar-refractivity contribution in [3.8, 4) is 5.75 Å². The lowest BCUT2D eigenvalue weighted by Crippen LogP contribution is -2.41.